The number of nitrogens with zero attached hydrogens (tertiary/aromatic N) is 1. The van der Waals surface area contributed by atoms with E-state index in [1.165, 1.54) is 12.1 Å². The molecule has 0 heterocycles. The number of alkyl halides is 1. The fourth-order valence-electron chi connectivity index (χ4n) is 1.64. The van der Waals surface area contributed by atoms with E-state index in [1.807, 2.05) is 13.8 Å². The number of hydrogen-bond acceptors (Lipinski definition) is 2. The Morgan fingerprint density at radius 2 is 2.06 bits per heavy atom. The zero-order valence-electron chi connectivity index (χ0n) is 9.44. The summed E-state index contributed by atoms with van der Waals surface area (Å²) in [7, 11) is 0. The number of nitro benzene ring substituents is 1. The van der Waals surface area contributed by atoms with E-state index in [0.717, 1.165) is 5.56 Å². The molecule has 0 aliphatic carbocycles. The Kier molecular flexibility index (Phi) is 3.99. The maximum atomic E-state index is 12.6. The van der Waals surface area contributed by atoms with Crippen LogP contribution >= 0.6 is 0 Å². The predicted octanol–water partition coefficient (Wildman–Crippen LogP) is 3.61. The van der Waals surface area contributed by atoms with Crippen LogP contribution < -0.4 is 0 Å². The highest BCUT2D eigenvalue weighted by atomic mass is 19.1. The lowest BCUT2D eigenvalue weighted by Crippen LogP contribution is -2.04. The van der Waals surface area contributed by atoms with E-state index in [0.29, 0.717) is 5.56 Å². The molecule has 0 saturated carbocycles. The number of halogens is 1. The van der Waals surface area contributed by atoms with Crippen LogP contribution in [0, 0.1) is 17.0 Å². The zero-order valence-corrected chi connectivity index (χ0v) is 9.44. The van der Waals surface area contributed by atoms with E-state index in [-0.39, 0.29) is 11.6 Å². The SMILES string of the molecule is [CH2]C(CF)c1cc([N+](=O)[O-])ccc1C(C)C. The van der Waals surface area contributed by atoms with E-state index in [2.05, 4.69) is 6.92 Å². The smallest absolute Gasteiger partial charge is 0.258 e. The lowest BCUT2D eigenvalue weighted by Gasteiger charge is -2.16. The highest BCUT2D eigenvalue weighted by molar-refractivity contribution is 5.43. The first-order chi connectivity index (χ1) is 7.47. The summed E-state index contributed by atoms with van der Waals surface area (Å²) in [6.45, 7) is 7.00. The second-order valence-electron chi connectivity index (χ2n) is 4.08. The van der Waals surface area contributed by atoms with Crippen molar-refractivity contribution in [1.29, 1.82) is 0 Å². The summed E-state index contributed by atoms with van der Waals surface area (Å²) in [6, 6.07) is 4.56. The molecule has 1 atom stereocenters. The number of benzene rings is 1. The first-order valence-electron chi connectivity index (χ1n) is 5.14. The molecule has 0 amide bonds. The van der Waals surface area contributed by atoms with Gasteiger partial charge >= 0.3 is 0 Å². The van der Waals surface area contributed by atoms with Gasteiger partial charge in [0.2, 0.25) is 0 Å². The van der Waals surface area contributed by atoms with Gasteiger partial charge in [-0.3, -0.25) is 14.5 Å². The van der Waals surface area contributed by atoms with Gasteiger partial charge in [0.1, 0.15) is 0 Å². The molecule has 0 spiro atoms. The van der Waals surface area contributed by atoms with Crippen molar-refractivity contribution in [2.45, 2.75) is 25.7 Å². The molecular formula is C12H15FNO2. The minimum Gasteiger partial charge on any atom is -0.258 e. The third kappa shape index (κ3) is 2.56. The van der Waals surface area contributed by atoms with Gasteiger partial charge in [-0.2, -0.15) is 0 Å². The lowest BCUT2D eigenvalue weighted by atomic mass is 9.90. The number of hydrogen-bond donors (Lipinski definition) is 0. The molecule has 3 nitrogen and oxygen atoms in total. The van der Waals surface area contributed by atoms with E-state index in [4.69, 9.17) is 0 Å². The fraction of sp³-hybridized carbons (Fsp3) is 0.417. The molecule has 1 rings (SSSR count). The number of rotatable bonds is 4. The Balaban J connectivity index is 3.26. The van der Waals surface area contributed by atoms with Crippen LogP contribution in [0.5, 0.6) is 0 Å². The van der Waals surface area contributed by atoms with Gasteiger partial charge in [0.25, 0.3) is 5.69 Å². The van der Waals surface area contributed by atoms with Crippen molar-refractivity contribution >= 4 is 5.69 Å². The molecule has 0 saturated heterocycles. The molecule has 0 aromatic heterocycles. The summed E-state index contributed by atoms with van der Waals surface area (Å²) < 4.78 is 12.6. The van der Waals surface area contributed by atoms with E-state index in [1.54, 1.807) is 6.07 Å². The summed E-state index contributed by atoms with van der Waals surface area (Å²) in [5, 5.41) is 10.6. The topological polar surface area (TPSA) is 43.1 Å². The first kappa shape index (κ1) is 12.6. The molecule has 0 aliphatic rings. The molecule has 1 radical (unpaired) electrons. The molecule has 0 bridgehead atoms. The van der Waals surface area contributed by atoms with Crippen LogP contribution in [0.15, 0.2) is 18.2 Å². The van der Waals surface area contributed by atoms with Gasteiger partial charge in [-0.05, 0) is 24.0 Å². The Labute approximate surface area is 94.4 Å². The van der Waals surface area contributed by atoms with Gasteiger partial charge in [0, 0.05) is 18.1 Å². The predicted molar refractivity (Wildman–Crippen MR) is 61.3 cm³/mol. The van der Waals surface area contributed by atoms with Crippen LogP contribution in [0.1, 0.15) is 36.8 Å². The summed E-state index contributed by atoms with van der Waals surface area (Å²) in [5.74, 6) is -0.344. The van der Waals surface area contributed by atoms with Crippen LogP contribution in [-0.4, -0.2) is 11.6 Å². The largest absolute Gasteiger partial charge is 0.269 e. The summed E-state index contributed by atoms with van der Waals surface area (Å²) in [4.78, 5) is 10.2. The second kappa shape index (κ2) is 5.05. The average molecular weight is 224 g/mol. The van der Waals surface area contributed by atoms with Crippen molar-refractivity contribution in [2.75, 3.05) is 6.67 Å². The van der Waals surface area contributed by atoms with Crippen LogP contribution in [-0.2, 0) is 0 Å². The molecule has 0 aliphatic heterocycles. The molecule has 0 N–H and O–H groups in total. The highest BCUT2D eigenvalue weighted by Crippen LogP contribution is 2.29. The maximum absolute atomic E-state index is 12.6. The first-order valence-corrected chi connectivity index (χ1v) is 5.14. The molecule has 16 heavy (non-hydrogen) atoms. The van der Waals surface area contributed by atoms with Gasteiger partial charge < -0.3 is 0 Å². The van der Waals surface area contributed by atoms with Crippen LogP contribution in [0.2, 0.25) is 0 Å². The van der Waals surface area contributed by atoms with Crippen molar-refractivity contribution in [3.63, 3.8) is 0 Å². The normalized spacial score (nSPS) is 12.8. The number of non-ortho nitro benzene ring substituents is 1. The van der Waals surface area contributed by atoms with Crippen LogP contribution in [0.3, 0.4) is 0 Å². The van der Waals surface area contributed by atoms with Crippen molar-refractivity contribution < 1.29 is 9.31 Å². The van der Waals surface area contributed by atoms with Gasteiger partial charge in [-0.15, -0.1) is 0 Å². The van der Waals surface area contributed by atoms with Gasteiger partial charge in [0.15, 0.2) is 0 Å². The van der Waals surface area contributed by atoms with Crippen molar-refractivity contribution in [2.24, 2.45) is 0 Å². The van der Waals surface area contributed by atoms with Crippen LogP contribution in [0.4, 0.5) is 10.1 Å². The lowest BCUT2D eigenvalue weighted by molar-refractivity contribution is -0.384. The molecule has 0 fully saturated rings. The van der Waals surface area contributed by atoms with E-state index in [9.17, 15) is 14.5 Å². The standard InChI is InChI=1S/C12H15FNO2/c1-8(2)11-5-4-10(14(15)16)6-12(11)9(3)7-13/h4-6,8-9H,3,7H2,1-2H3. The van der Waals surface area contributed by atoms with Gasteiger partial charge in [0.05, 0.1) is 11.6 Å². The molecule has 4 heteroatoms. The quantitative estimate of drug-likeness (QED) is 0.579. The molecule has 1 aromatic carbocycles. The Bertz CT molecular complexity index is 391. The molecular weight excluding hydrogens is 209 g/mol. The molecule has 1 aromatic rings. The molecule has 1 unspecified atom stereocenters. The Hall–Kier alpha value is -1.45. The summed E-state index contributed by atoms with van der Waals surface area (Å²) >= 11 is 0. The maximum Gasteiger partial charge on any atom is 0.269 e. The minimum atomic E-state index is -0.610. The third-order valence-corrected chi connectivity index (χ3v) is 2.53. The Morgan fingerprint density at radius 3 is 2.50 bits per heavy atom. The summed E-state index contributed by atoms with van der Waals surface area (Å²) in [5.41, 5.74) is 1.54. The molecule has 87 valence electrons. The average Bonchev–Trinajstić information content (AvgIpc) is 2.26. The Morgan fingerprint density at radius 1 is 1.44 bits per heavy atom. The van der Waals surface area contributed by atoms with Crippen molar-refractivity contribution in [3.8, 4) is 0 Å². The van der Waals surface area contributed by atoms with E-state index >= 15 is 0 Å². The van der Waals surface area contributed by atoms with Crippen LogP contribution in [0.25, 0.3) is 0 Å². The number of nitro groups is 1. The van der Waals surface area contributed by atoms with Gasteiger partial charge in [-0.1, -0.05) is 19.9 Å². The highest BCUT2D eigenvalue weighted by Gasteiger charge is 2.17. The van der Waals surface area contributed by atoms with Gasteiger partial charge in [-0.25, -0.2) is 0 Å². The summed E-state index contributed by atoms with van der Waals surface area (Å²) in [6.07, 6.45) is 0. The zero-order chi connectivity index (χ0) is 12.3. The van der Waals surface area contributed by atoms with E-state index < -0.39 is 17.5 Å². The van der Waals surface area contributed by atoms with Crippen molar-refractivity contribution in [1.82, 2.24) is 0 Å². The van der Waals surface area contributed by atoms with Crippen molar-refractivity contribution in [3.05, 3.63) is 46.4 Å². The fourth-order valence-corrected chi connectivity index (χ4v) is 1.64. The minimum absolute atomic E-state index is 0.0125. The second-order valence-corrected chi connectivity index (χ2v) is 4.08. The third-order valence-electron chi connectivity index (χ3n) is 2.53. The monoisotopic (exact) mass is 224 g/mol.